The second kappa shape index (κ2) is 8.10. The molecule has 2 aliphatic heterocycles. The molecule has 1 aromatic rings. The minimum Gasteiger partial charge on any atom is -0.378 e. The van der Waals surface area contributed by atoms with Gasteiger partial charge >= 0.3 is 6.03 Å². The molecule has 0 aromatic heterocycles. The number of benzene rings is 1. The van der Waals surface area contributed by atoms with Crippen LogP contribution in [0.25, 0.3) is 0 Å². The average Bonchev–Trinajstić information content (AvgIpc) is 2.64. The topological polar surface area (TPSA) is 36.0 Å². The fraction of sp³-hybridized carbons (Fsp3) is 0.611. The third kappa shape index (κ3) is 4.46. The van der Waals surface area contributed by atoms with Gasteiger partial charge in [0.2, 0.25) is 0 Å². The Kier molecular flexibility index (Phi) is 5.86. The minimum atomic E-state index is -0.561. The number of carbonyl (C=O) groups is 1. The van der Waals surface area contributed by atoms with Gasteiger partial charge in [-0.05, 0) is 25.5 Å². The highest BCUT2D eigenvalue weighted by Crippen LogP contribution is 2.20. The van der Waals surface area contributed by atoms with E-state index in [1.165, 1.54) is 12.1 Å². The molecule has 0 N–H and O–H groups in total. The van der Waals surface area contributed by atoms with E-state index in [0.29, 0.717) is 45.0 Å². The molecule has 2 amide bonds. The lowest BCUT2D eigenvalue weighted by atomic mass is 10.0. The van der Waals surface area contributed by atoms with Gasteiger partial charge in [-0.1, -0.05) is 6.07 Å². The molecule has 2 aliphatic rings. The molecule has 3 rings (SSSR count). The van der Waals surface area contributed by atoms with Gasteiger partial charge in [0.25, 0.3) is 0 Å². The van der Waals surface area contributed by atoms with Gasteiger partial charge in [-0.15, -0.1) is 0 Å². The van der Waals surface area contributed by atoms with Gasteiger partial charge < -0.3 is 14.5 Å². The second-order valence-electron chi connectivity index (χ2n) is 6.76. The summed E-state index contributed by atoms with van der Waals surface area (Å²) in [5, 5.41) is 0. The number of carbonyl (C=O) groups excluding carboxylic acids is 1. The van der Waals surface area contributed by atoms with Crippen LogP contribution in [0.5, 0.6) is 0 Å². The highest BCUT2D eigenvalue weighted by atomic mass is 19.1. The van der Waals surface area contributed by atoms with Gasteiger partial charge in [0.1, 0.15) is 11.6 Å². The molecule has 1 aromatic carbocycles. The average molecular weight is 353 g/mol. The Hall–Kier alpha value is -1.73. The Morgan fingerprint density at radius 2 is 2.04 bits per heavy atom. The first-order valence-electron chi connectivity index (χ1n) is 8.80. The van der Waals surface area contributed by atoms with Crippen molar-refractivity contribution in [3.8, 4) is 0 Å². The molecule has 0 bridgehead atoms. The maximum Gasteiger partial charge on any atom is 0.320 e. The van der Waals surface area contributed by atoms with Crippen LogP contribution in [0.15, 0.2) is 18.2 Å². The highest BCUT2D eigenvalue weighted by molar-refractivity contribution is 5.74. The normalized spacial score (nSPS) is 22.0. The predicted octanol–water partition coefficient (Wildman–Crippen LogP) is 2.31. The lowest BCUT2D eigenvalue weighted by molar-refractivity contribution is 0.0365. The molecule has 1 unspecified atom stereocenters. The van der Waals surface area contributed by atoms with E-state index in [2.05, 4.69) is 4.90 Å². The fourth-order valence-corrected chi connectivity index (χ4v) is 3.52. The number of nitrogens with zero attached hydrogens (tertiary/aromatic N) is 3. The molecule has 1 atom stereocenters. The molecular formula is C18H25F2N3O2. The number of hydrogen-bond acceptors (Lipinski definition) is 3. The number of rotatable bonds is 3. The molecule has 0 saturated carbocycles. The predicted molar refractivity (Wildman–Crippen MR) is 90.2 cm³/mol. The van der Waals surface area contributed by atoms with E-state index in [1.54, 1.807) is 4.90 Å². The Labute approximate surface area is 147 Å². The Bertz CT molecular complexity index is 608. The van der Waals surface area contributed by atoms with Gasteiger partial charge in [0, 0.05) is 50.9 Å². The highest BCUT2D eigenvalue weighted by Gasteiger charge is 2.29. The van der Waals surface area contributed by atoms with Crippen LogP contribution in [0.1, 0.15) is 18.4 Å². The van der Waals surface area contributed by atoms with Crippen LogP contribution in [-0.4, -0.2) is 73.2 Å². The third-order valence-electron chi connectivity index (χ3n) is 5.02. The fourth-order valence-electron chi connectivity index (χ4n) is 3.52. The molecule has 7 heteroatoms. The van der Waals surface area contributed by atoms with Crippen molar-refractivity contribution in [2.75, 3.05) is 46.4 Å². The largest absolute Gasteiger partial charge is 0.378 e. The van der Waals surface area contributed by atoms with E-state index in [4.69, 9.17) is 4.74 Å². The van der Waals surface area contributed by atoms with Crippen LogP contribution >= 0.6 is 0 Å². The van der Waals surface area contributed by atoms with Gasteiger partial charge in [-0.2, -0.15) is 0 Å². The SMILES string of the molecule is CN(C(=O)N1CCOCC1)C1CCCN(Cc2ccc(F)cc2F)C1. The first-order valence-corrected chi connectivity index (χ1v) is 8.80. The van der Waals surface area contributed by atoms with Crippen molar-refractivity contribution >= 4 is 6.03 Å². The maximum absolute atomic E-state index is 13.9. The number of likely N-dealkylation sites (tertiary alicyclic amines) is 1. The first-order chi connectivity index (χ1) is 12.0. The van der Waals surface area contributed by atoms with Crippen molar-refractivity contribution in [2.45, 2.75) is 25.4 Å². The van der Waals surface area contributed by atoms with Crippen molar-refractivity contribution in [3.63, 3.8) is 0 Å². The lowest BCUT2D eigenvalue weighted by Crippen LogP contribution is -2.54. The Morgan fingerprint density at radius 1 is 1.28 bits per heavy atom. The number of ether oxygens (including phenoxy) is 1. The number of urea groups is 1. The van der Waals surface area contributed by atoms with Crippen molar-refractivity contribution in [3.05, 3.63) is 35.4 Å². The van der Waals surface area contributed by atoms with Crippen LogP contribution in [0.3, 0.4) is 0 Å². The lowest BCUT2D eigenvalue weighted by Gasteiger charge is -2.40. The molecule has 5 nitrogen and oxygen atoms in total. The number of halogens is 2. The van der Waals surface area contributed by atoms with Gasteiger partial charge in [0.05, 0.1) is 13.2 Å². The number of morpholine rings is 1. The molecule has 2 saturated heterocycles. The van der Waals surface area contributed by atoms with Crippen molar-refractivity contribution in [2.24, 2.45) is 0 Å². The van der Waals surface area contributed by atoms with Crippen molar-refractivity contribution in [1.29, 1.82) is 0 Å². The number of piperidine rings is 1. The zero-order valence-electron chi connectivity index (χ0n) is 14.6. The summed E-state index contributed by atoms with van der Waals surface area (Å²) in [7, 11) is 1.84. The maximum atomic E-state index is 13.9. The van der Waals surface area contributed by atoms with Crippen LogP contribution in [0.2, 0.25) is 0 Å². The van der Waals surface area contributed by atoms with Crippen LogP contribution in [-0.2, 0) is 11.3 Å². The molecule has 25 heavy (non-hydrogen) atoms. The quantitative estimate of drug-likeness (QED) is 0.837. The van der Waals surface area contributed by atoms with Crippen LogP contribution in [0, 0.1) is 11.6 Å². The summed E-state index contributed by atoms with van der Waals surface area (Å²) in [6.07, 6.45) is 1.89. The second-order valence-corrected chi connectivity index (χ2v) is 6.76. The zero-order chi connectivity index (χ0) is 17.8. The van der Waals surface area contributed by atoms with E-state index in [0.717, 1.165) is 25.5 Å². The zero-order valence-corrected chi connectivity index (χ0v) is 14.6. The molecule has 138 valence electrons. The van der Waals surface area contributed by atoms with E-state index >= 15 is 0 Å². The van der Waals surface area contributed by atoms with Gasteiger partial charge in [0.15, 0.2) is 0 Å². The molecule has 0 spiro atoms. The van der Waals surface area contributed by atoms with E-state index in [9.17, 15) is 13.6 Å². The molecule has 0 aliphatic carbocycles. The Balaban J connectivity index is 1.59. The molecule has 2 heterocycles. The van der Waals surface area contributed by atoms with Crippen LogP contribution < -0.4 is 0 Å². The monoisotopic (exact) mass is 353 g/mol. The summed E-state index contributed by atoms with van der Waals surface area (Å²) in [5.41, 5.74) is 0.490. The summed E-state index contributed by atoms with van der Waals surface area (Å²) < 4.78 is 32.2. The smallest absolute Gasteiger partial charge is 0.320 e. The van der Waals surface area contributed by atoms with E-state index in [1.807, 2.05) is 11.9 Å². The molecular weight excluding hydrogens is 328 g/mol. The van der Waals surface area contributed by atoms with E-state index in [-0.39, 0.29) is 12.1 Å². The van der Waals surface area contributed by atoms with E-state index < -0.39 is 11.6 Å². The summed E-state index contributed by atoms with van der Waals surface area (Å²) in [5.74, 6) is -1.08. The standard InChI is InChI=1S/C18H25F2N3O2/c1-21(18(24)23-7-9-25-10-8-23)16-3-2-6-22(13-16)12-14-4-5-15(19)11-17(14)20/h4-5,11,16H,2-3,6-10,12-13H2,1H3. The summed E-state index contributed by atoms with van der Waals surface area (Å²) in [6, 6.07) is 3.84. The van der Waals surface area contributed by atoms with Crippen molar-refractivity contribution < 1.29 is 18.3 Å². The summed E-state index contributed by atoms with van der Waals surface area (Å²) in [4.78, 5) is 18.4. The summed E-state index contributed by atoms with van der Waals surface area (Å²) >= 11 is 0. The van der Waals surface area contributed by atoms with Gasteiger partial charge in [-0.25, -0.2) is 13.6 Å². The van der Waals surface area contributed by atoms with Crippen molar-refractivity contribution in [1.82, 2.24) is 14.7 Å². The number of likely N-dealkylation sites (N-methyl/N-ethyl adjacent to an activating group) is 1. The molecule has 2 fully saturated rings. The van der Waals surface area contributed by atoms with Crippen LogP contribution in [0.4, 0.5) is 13.6 Å². The minimum absolute atomic E-state index is 0.0307. The van der Waals surface area contributed by atoms with Gasteiger partial charge in [-0.3, -0.25) is 4.90 Å². The Morgan fingerprint density at radius 3 is 2.76 bits per heavy atom. The molecule has 0 radical (unpaired) electrons. The number of hydrogen-bond donors (Lipinski definition) is 0. The first kappa shape index (κ1) is 18.1. The third-order valence-corrected chi connectivity index (χ3v) is 5.02. The summed E-state index contributed by atoms with van der Waals surface area (Å²) in [6.45, 7) is 4.40. The number of amides is 2.